The molecule has 3 N–H and O–H groups in total. The van der Waals surface area contributed by atoms with E-state index in [0.29, 0.717) is 12.3 Å². The average molecular weight is 448 g/mol. The van der Waals surface area contributed by atoms with E-state index in [1.807, 2.05) is 25.1 Å². The number of benzene rings is 1. The molecule has 0 aliphatic carbocycles. The number of nitrogens with zero attached hydrogens (tertiary/aromatic N) is 3. The molecule has 1 aromatic carbocycles. The largest absolute Gasteiger partial charge is 0.506 e. The van der Waals surface area contributed by atoms with Gasteiger partial charge >= 0.3 is 0 Å². The number of guanidine groups is 1. The van der Waals surface area contributed by atoms with Gasteiger partial charge in [0, 0.05) is 45.9 Å². The van der Waals surface area contributed by atoms with E-state index in [4.69, 9.17) is 5.11 Å². The molecule has 1 aromatic rings. The number of para-hydroxylation sites is 2. The topological polar surface area (TPSA) is 71.3 Å². The van der Waals surface area contributed by atoms with Gasteiger partial charge < -0.3 is 25.3 Å². The number of aliphatic hydroxyl groups is 1. The zero-order valence-corrected chi connectivity index (χ0v) is 16.8. The zero-order chi connectivity index (χ0) is 16.7. The molecular weight excluding hydrogens is 419 g/mol. The summed E-state index contributed by atoms with van der Waals surface area (Å²) in [6.45, 7) is 9.05. The summed E-state index contributed by atoms with van der Waals surface area (Å²) in [6, 6.07) is 7.47. The summed E-state index contributed by atoms with van der Waals surface area (Å²) in [5.74, 6) is 1.41. The number of rotatable bonds is 5. The van der Waals surface area contributed by atoms with E-state index in [1.54, 1.807) is 6.07 Å². The van der Waals surface area contributed by atoms with Crippen molar-refractivity contribution in [1.82, 2.24) is 10.2 Å². The average Bonchev–Trinajstić information content (AvgIpc) is 2.59. The molecule has 1 fully saturated rings. The Morgan fingerprint density at radius 1 is 1.25 bits per heavy atom. The lowest BCUT2D eigenvalue weighted by atomic mass is 10.2. The molecule has 2 rings (SSSR count). The number of hydrogen-bond donors (Lipinski definition) is 3. The van der Waals surface area contributed by atoms with Crippen LogP contribution in [0, 0.1) is 5.92 Å². The first kappa shape index (κ1) is 20.8. The van der Waals surface area contributed by atoms with Crippen LogP contribution >= 0.6 is 24.0 Å². The molecule has 1 heterocycles. The normalized spacial score (nSPS) is 16.5. The van der Waals surface area contributed by atoms with Crippen molar-refractivity contribution in [1.29, 1.82) is 0 Å². The molecule has 0 aromatic heterocycles. The van der Waals surface area contributed by atoms with Gasteiger partial charge in [0.25, 0.3) is 0 Å². The molecule has 0 spiro atoms. The number of aromatic hydroxyl groups is 1. The summed E-state index contributed by atoms with van der Waals surface area (Å²) >= 11 is 0. The van der Waals surface area contributed by atoms with Crippen molar-refractivity contribution in [3.8, 4) is 5.75 Å². The molecular formula is C17H29IN4O2. The maximum absolute atomic E-state index is 9.98. The Balaban J connectivity index is 0.00000288. The molecule has 1 aliphatic heterocycles. The number of nitrogens with one attached hydrogen (secondary N) is 1. The third-order valence-corrected chi connectivity index (χ3v) is 4.00. The highest BCUT2D eigenvalue weighted by Crippen LogP contribution is 2.27. The molecule has 1 saturated heterocycles. The van der Waals surface area contributed by atoms with Gasteiger partial charge in [-0.25, -0.2) is 0 Å². The van der Waals surface area contributed by atoms with Gasteiger partial charge in [-0.3, -0.25) is 4.99 Å². The first-order valence-corrected chi connectivity index (χ1v) is 8.32. The zero-order valence-electron chi connectivity index (χ0n) is 14.5. The minimum absolute atomic E-state index is 0. The van der Waals surface area contributed by atoms with E-state index in [1.165, 1.54) is 0 Å². The Morgan fingerprint density at radius 2 is 1.92 bits per heavy atom. The number of hydrogen-bond acceptors (Lipinski definition) is 4. The van der Waals surface area contributed by atoms with Crippen LogP contribution in [-0.4, -0.2) is 66.9 Å². The van der Waals surface area contributed by atoms with Gasteiger partial charge in [0.1, 0.15) is 5.75 Å². The summed E-state index contributed by atoms with van der Waals surface area (Å²) in [5.41, 5.74) is 0.892. The van der Waals surface area contributed by atoms with Crippen molar-refractivity contribution in [2.75, 3.05) is 50.8 Å². The van der Waals surface area contributed by atoms with Gasteiger partial charge in [-0.05, 0) is 25.0 Å². The van der Waals surface area contributed by atoms with Gasteiger partial charge in [0.15, 0.2) is 5.96 Å². The monoisotopic (exact) mass is 448 g/mol. The number of phenolic OH excluding ortho intramolecular Hbond substituents is 1. The van der Waals surface area contributed by atoms with Crippen molar-refractivity contribution in [3.63, 3.8) is 0 Å². The van der Waals surface area contributed by atoms with Crippen molar-refractivity contribution >= 4 is 35.6 Å². The van der Waals surface area contributed by atoms with Crippen molar-refractivity contribution in [3.05, 3.63) is 24.3 Å². The van der Waals surface area contributed by atoms with Gasteiger partial charge in [0.05, 0.1) is 5.69 Å². The van der Waals surface area contributed by atoms with Gasteiger partial charge in [0.2, 0.25) is 0 Å². The Bertz CT molecular complexity index is 519. The summed E-state index contributed by atoms with van der Waals surface area (Å²) < 4.78 is 0. The second-order valence-corrected chi connectivity index (χ2v) is 5.95. The van der Waals surface area contributed by atoms with E-state index in [2.05, 4.69) is 27.0 Å². The van der Waals surface area contributed by atoms with Crippen LogP contribution in [0.5, 0.6) is 5.75 Å². The number of halogens is 1. The molecule has 24 heavy (non-hydrogen) atoms. The molecule has 0 saturated carbocycles. The van der Waals surface area contributed by atoms with Crippen LogP contribution in [0.1, 0.15) is 13.8 Å². The lowest BCUT2D eigenvalue weighted by molar-refractivity contribution is 0.241. The Kier molecular flexibility index (Phi) is 9.20. The fourth-order valence-corrected chi connectivity index (χ4v) is 2.62. The third kappa shape index (κ3) is 5.70. The molecule has 7 heteroatoms. The summed E-state index contributed by atoms with van der Waals surface area (Å²) in [6.07, 6.45) is 0. The van der Waals surface area contributed by atoms with Crippen molar-refractivity contribution in [2.24, 2.45) is 10.9 Å². The van der Waals surface area contributed by atoms with Crippen LogP contribution in [-0.2, 0) is 0 Å². The Labute approximate surface area is 161 Å². The van der Waals surface area contributed by atoms with E-state index in [9.17, 15) is 5.11 Å². The number of aliphatic hydroxyl groups excluding tert-OH is 1. The Morgan fingerprint density at radius 3 is 2.50 bits per heavy atom. The molecule has 136 valence electrons. The van der Waals surface area contributed by atoms with E-state index < -0.39 is 0 Å². The van der Waals surface area contributed by atoms with Crippen molar-refractivity contribution in [2.45, 2.75) is 13.8 Å². The van der Waals surface area contributed by atoms with Crippen LogP contribution in [0.15, 0.2) is 29.3 Å². The fraction of sp³-hybridized carbons (Fsp3) is 0.588. The molecule has 0 radical (unpaired) electrons. The van der Waals surface area contributed by atoms with E-state index in [-0.39, 0.29) is 36.5 Å². The second kappa shape index (κ2) is 10.6. The first-order valence-electron chi connectivity index (χ1n) is 8.32. The van der Waals surface area contributed by atoms with Crippen LogP contribution in [0.2, 0.25) is 0 Å². The minimum Gasteiger partial charge on any atom is -0.506 e. The third-order valence-electron chi connectivity index (χ3n) is 4.00. The summed E-state index contributed by atoms with van der Waals surface area (Å²) in [7, 11) is 0. The summed E-state index contributed by atoms with van der Waals surface area (Å²) in [4.78, 5) is 9.07. The number of aliphatic imine (C=N–C) groups is 1. The lowest BCUT2D eigenvalue weighted by Crippen LogP contribution is -2.52. The van der Waals surface area contributed by atoms with E-state index in [0.717, 1.165) is 44.4 Å². The predicted molar refractivity (Wildman–Crippen MR) is 110 cm³/mol. The second-order valence-electron chi connectivity index (χ2n) is 5.95. The van der Waals surface area contributed by atoms with Crippen LogP contribution in [0.25, 0.3) is 0 Å². The highest BCUT2D eigenvalue weighted by molar-refractivity contribution is 14.0. The van der Waals surface area contributed by atoms with Gasteiger partial charge in [-0.1, -0.05) is 19.1 Å². The van der Waals surface area contributed by atoms with Crippen LogP contribution in [0.4, 0.5) is 5.69 Å². The first-order chi connectivity index (χ1) is 11.2. The maximum Gasteiger partial charge on any atom is 0.194 e. The standard InChI is InChI=1S/C17H28N4O2.HI/c1-3-18-17(19-12-14(2)13-22)21-10-8-20(9-11-21)15-6-4-5-7-16(15)23;/h4-7,14,22-23H,3,8-13H2,1-2H3,(H,18,19);1H. The smallest absolute Gasteiger partial charge is 0.194 e. The van der Waals surface area contributed by atoms with E-state index >= 15 is 0 Å². The predicted octanol–water partition coefficient (Wildman–Crippen LogP) is 1.73. The molecule has 0 bridgehead atoms. The van der Waals surface area contributed by atoms with Gasteiger partial charge in [-0.15, -0.1) is 24.0 Å². The highest BCUT2D eigenvalue weighted by Gasteiger charge is 2.21. The fourth-order valence-electron chi connectivity index (χ4n) is 2.62. The molecule has 1 atom stereocenters. The molecule has 1 unspecified atom stereocenters. The Hall–Kier alpha value is -1.22. The number of anilines is 1. The minimum atomic E-state index is 0. The van der Waals surface area contributed by atoms with Crippen LogP contribution < -0.4 is 10.2 Å². The quantitative estimate of drug-likeness (QED) is 0.364. The SMILES string of the molecule is CCNC(=NCC(C)CO)N1CCN(c2ccccc2O)CC1.I. The highest BCUT2D eigenvalue weighted by atomic mass is 127. The van der Waals surface area contributed by atoms with Crippen molar-refractivity contribution < 1.29 is 10.2 Å². The maximum atomic E-state index is 9.98. The van der Waals surface area contributed by atoms with Crippen LogP contribution in [0.3, 0.4) is 0 Å². The number of piperazine rings is 1. The molecule has 0 amide bonds. The lowest BCUT2D eigenvalue weighted by Gasteiger charge is -2.38. The number of phenols is 1. The summed E-state index contributed by atoms with van der Waals surface area (Å²) in [5, 5.41) is 22.4. The van der Waals surface area contributed by atoms with Gasteiger partial charge in [-0.2, -0.15) is 0 Å². The molecule has 1 aliphatic rings. The molecule has 6 nitrogen and oxygen atoms in total.